The average molecular weight is 340 g/mol. The maximum Gasteiger partial charge on any atom is 0.0378 e. The molecule has 2 unspecified atom stereocenters. The van der Waals surface area contributed by atoms with E-state index in [0.717, 1.165) is 25.9 Å². The van der Waals surface area contributed by atoms with Crippen LogP contribution in [0, 0.1) is 0 Å². The van der Waals surface area contributed by atoms with Gasteiger partial charge in [-0.05, 0) is 51.1 Å². The lowest BCUT2D eigenvalue weighted by Gasteiger charge is -2.22. The lowest BCUT2D eigenvalue weighted by molar-refractivity contribution is 0.315. The molecule has 0 aliphatic carbocycles. The second kappa shape index (κ2) is 6.92. The van der Waals surface area contributed by atoms with Gasteiger partial charge in [-0.25, -0.2) is 0 Å². The van der Waals surface area contributed by atoms with Crippen molar-refractivity contribution in [3.8, 4) is 0 Å². The lowest BCUT2D eigenvalue weighted by atomic mass is 10.0. The highest BCUT2D eigenvalue weighted by atomic mass is 79.9. The molecular formula is C16H26BrN3. The Kier molecular flexibility index (Phi) is 5.47. The van der Waals surface area contributed by atoms with E-state index in [1.807, 2.05) is 0 Å². The van der Waals surface area contributed by atoms with E-state index in [-0.39, 0.29) is 6.04 Å². The fourth-order valence-electron chi connectivity index (χ4n) is 2.72. The maximum atomic E-state index is 6.05. The van der Waals surface area contributed by atoms with Crippen LogP contribution in [0.3, 0.4) is 0 Å². The monoisotopic (exact) mass is 339 g/mol. The summed E-state index contributed by atoms with van der Waals surface area (Å²) in [5.41, 5.74) is 8.68. The molecule has 0 amide bonds. The van der Waals surface area contributed by atoms with Crippen LogP contribution in [-0.4, -0.2) is 44.2 Å². The molecule has 0 aromatic heterocycles. The summed E-state index contributed by atoms with van der Waals surface area (Å²) in [5.74, 6) is 0. The SMILES string of the molecule is CCC(N)Cc1ccc(N2CCC(N(C)C)C2)cc1Br. The van der Waals surface area contributed by atoms with Crippen molar-refractivity contribution in [3.63, 3.8) is 0 Å². The van der Waals surface area contributed by atoms with Gasteiger partial charge in [0.25, 0.3) is 0 Å². The van der Waals surface area contributed by atoms with Crippen LogP contribution in [0.1, 0.15) is 25.3 Å². The van der Waals surface area contributed by atoms with Crippen molar-refractivity contribution >= 4 is 21.6 Å². The molecule has 1 heterocycles. The van der Waals surface area contributed by atoms with E-state index in [9.17, 15) is 0 Å². The summed E-state index contributed by atoms with van der Waals surface area (Å²) in [4.78, 5) is 4.79. The predicted octanol–water partition coefficient (Wildman–Crippen LogP) is 2.87. The minimum absolute atomic E-state index is 0.252. The Labute approximate surface area is 131 Å². The van der Waals surface area contributed by atoms with Crippen LogP contribution in [0.4, 0.5) is 5.69 Å². The van der Waals surface area contributed by atoms with Crippen molar-refractivity contribution < 1.29 is 0 Å². The molecule has 1 aromatic carbocycles. The first-order valence-corrected chi connectivity index (χ1v) is 8.26. The van der Waals surface area contributed by atoms with Crippen LogP contribution in [0.25, 0.3) is 0 Å². The number of halogens is 1. The number of anilines is 1. The zero-order valence-corrected chi connectivity index (χ0v) is 14.4. The minimum atomic E-state index is 0.252. The fraction of sp³-hybridized carbons (Fsp3) is 0.625. The van der Waals surface area contributed by atoms with Crippen LogP contribution in [0.2, 0.25) is 0 Å². The minimum Gasteiger partial charge on any atom is -0.370 e. The van der Waals surface area contributed by atoms with Crippen molar-refractivity contribution in [2.75, 3.05) is 32.1 Å². The van der Waals surface area contributed by atoms with Crippen LogP contribution in [0.15, 0.2) is 22.7 Å². The van der Waals surface area contributed by atoms with E-state index < -0.39 is 0 Å². The molecule has 1 aromatic rings. The Morgan fingerprint density at radius 3 is 2.75 bits per heavy atom. The first-order valence-electron chi connectivity index (χ1n) is 7.46. The third kappa shape index (κ3) is 3.74. The van der Waals surface area contributed by atoms with E-state index in [4.69, 9.17) is 5.73 Å². The van der Waals surface area contributed by atoms with Crippen molar-refractivity contribution in [1.29, 1.82) is 0 Å². The summed E-state index contributed by atoms with van der Waals surface area (Å²) < 4.78 is 1.19. The van der Waals surface area contributed by atoms with Gasteiger partial charge in [0.2, 0.25) is 0 Å². The number of likely N-dealkylation sites (N-methyl/N-ethyl adjacent to an activating group) is 1. The third-order valence-corrected chi connectivity index (χ3v) is 5.04. The highest BCUT2D eigenvalue weighted by molar-refractivity contribution is 9.10. The molecule has 0 bridgehead atoms. The Morgan fingerprint density at radius 2 is 2.20 bits per heavy atom. The lowest BCUT2D eigenvalue weighted by Crippen LogP contribution is -2.31. The molecule has 4 heteroatoms. The van der Waals surface area contributed by atoms with Crippen LogP contribution < -0.4 is 10.6 Å². The topological polar surface area (TPSA) is 32.5 Å². The number of hydrogen-bond acceptors (Lipinski definition) is 3. The standard InChI is InChI=1S/C16H26BrN3/c1-4-13(18)9-12-5-6-14(10-16(12)17)20-8-7-15(11-20)19(2)3/h5-6,10,13,15H,4,7-9,11,18H2,1-3H3. The van der Waals surface area contributed by atoms with Gasteiger partial charge in [-0.15, -0.1) is 0 Å². The van der Waals surface area contributed by atoms with Gasteiger partial charge in [0.05, 0.1) is 0 Å². The fourth-order valence-corrected chi connectivity index (χ4v) is 3.25. The van der Waals surface area contributed by atoms with Gasteiger partial charge < -0.3 is 15.5 Å². The van der Waals surface area contributed by atoms with Crippen molar-refractivity contribution in [3.05, 3.63) is 28.2 Å². The Balaban J connectivity index is 2.06. The molecule has 0 spiro atoms. The molecule has 2 rings (SSSR count). The normalized spacial score (nSPS) is 20.7. The van der Waals surface area contributed by atoms with Crippen LogP contribution in [-0.2, 0) is 6.42 Å². The van der Waals surface area contributed by atoms with Crippen LogP contribution >= 0.6 is 15.9 Å². The molecule has 0 radical (unpaired) electrons. The molecular weight excluding hydrogens is 314 g/mol. The van der Waals surface area contributed by atoms with Crippen molar-refractivity contribution in [1.82, 2.24) is 4.90 Å². The maximum absolute atomic E-state index is 6.05. The Hall–Kier alpha value is -0.580. The predicted molar refractivity (Wildman–Crippen MR) is 90.4 cm³/mol. The second-order valence-electron chi connectivity index (χ2n) is 6.00. The first-order chi connectivity index (χ1) is 9.51. The molecule has 20 heavy (non-hydrogen) atoms. The second-order valence-corrected chi connectivity index (χ2v) is 6.85. The number of rotatable bonds is 5. The van der Waals surface area contributed by atoms with E-state index in [1.54, 1.807) is 0 Å². The first kappa shape index (κ1) is 15.8. The van der Waals surface area contributed by atoms with Gasteiger partial charge in [-0.2, -0.15) is 0 Å². The molecule has 3 nitrogen and oxygen atoms in total. The summed E-state index contributed by atoms with van der Waals surface area (Å²) in [5, 5.41) is 0. The van der Waals surface area contributed by atoms with Gasteiger partial charge in [0.15, 0.2) is 0 Å². The largest absolute Gasteiger partial charge is 0.370 e. The molecule has 1 aliphatic heterocycles. The number of benzene rings is 1. The molecule has 2 atom stereocenters. The number of nitrogens with zero attached hydrogens (tertiary/aromatic N) is 2. The summed E-state index contributed by atoms with van der Waals surface area (Å²) >= 11 is 3.70. The zero-order valence-electron chi connectivity index (χ0n) is 12.8. The van der Waals surface area contributed by atoms with E-state index in [2.05, 4.69) is 64.9 Å². The summed E-state index contributed by atoms with van der Waals surface area (Å²) in [6.07, 6.45) is 3.20. The zero-order chi connectivity index (χ0) is 14.7. The highest BCUT2D eigenvalue weighted by Gasteiger charge is 2.24. The third-order valence-electron chi connectivity index (χ3n) is 4.30. The number of nitrogens with two attached hydrogens (primary N) is 1. The Morgan fingerprint density at radius 1 is 1.45 bits per heavy atom. The molecule has 2 N–H and O–H groups in total. The summed E-state index contributed by atoms with van der Waals surface area (Å²) in [7, 11) is 4.33. The van der Waals surface area contributed by atoms with E-state index in [0.29, 0.717) is 6.04 Å². The van der Waals surface area contributed by atoms with E-state index >= 15 is 0 Å². The number of hydrogen-bond donors (Lipinski definition) is 1. The Bertz CT molecular complexity index is 447. The molecule has 112 valence electrons. The van der Waals surface area contributed by atoms with Gasteiger partial charge in [0.1, 0.15) is 0 Å². The van der Waals surface area contributed by atoms with Gasteiger partial charge >= 0.3 is 0 Å². The van der Waals surface area contributed by atoms with Crippen molar-refractivity contribution in [2.45, 2.75) is 38.3 Å². The van der Waals surface area contributed by atoms with Crippen LogP contribution in [0.5, 0.6) is 0 Å². The molecule has 1 fully saturated rings. The smallest absolute Gasteiger partial charge is 0.0378 e. The molecule has 0 saturated carbocycles. The summed E-state index contributed by atoms with van der Waals surface area (Å²) in [6, 6.07) is 7.62. The quantitative estimate of drug-likeness (QED) is 0.895. The highest BCUT2D eigenvalue weighted by Crippen LogP contribution is 2.28. The molecule has 1 saturated heterocycles. The van der Waals surface area contributed by atoms with Gasteiger partial charge in [-0.3, -0.25) is 0 Å². The van der Waals surface area contributed by atoms with E-state index in [1.165, 1.54) is 22.1 Å². The molecule has 1 aliphatic rings. The average Bonchev–Trinajstić information content (AvgIpc) is 2.90. The summed E-state index contributed by atoms with van der Waals surface area (Å²) in [6.45, 7) is 4.40. The van der Waals surface area contributed by atoms with Crippen molar-refractivity contribution in [2.24, 2.45) is 5.73 Å². The van der Waals surface area contributed by atoms with Gasteiger partial charge in [-0.1, -0.05) is 28.9 Å². The van der Waals surface area contributed by atoms with Gasteiger partial charge in [0, 0.05) is 35.3 Å².